The molecule has 0 rings (SSSR count). The Bertz CT molecular complexity index is 348. The maximum absolute atomic E-state index is 11.9. The Morgan fingerprint density at radius 2 is 1.55 bits per heavy atom. The largest absolute Gasteiger partial charge is 0.353 e. The van der Waals surface area contributed by atoms with Gasteiger partial charge in [-0.15, -0.1) is 0 Å². The summed E-state index contributed by atoms with van der Waals surface area (Å²) < 4.78 is 0. The van der Waals surface area contributed by atoms with Gasteiger partial charge in [-0.3, -0.25) is 14.5 Å². The molecule has 1 atom stereocenters. The Morgan fingerprint density at radius 3 is 2.05 bits per heavy atom. The van der Waals surface area contributed by atoms with Crippen LogP contribution in [0.15, 0.2) is 0 Å². The van der Waals surface area contributed by atoms with Crippen LogP contribution in [0, 0.1) is 5.92 Å². The number of nitrogens with one attached hydrogen (secondary N) is 2. The van der Waals surface area contributed by atoms with Gasteiger partial charge in [0.2, 0.25) is 11.8 Å². The normalized spacial score (nSPS) is 13.3. The van der Waals surface area contributed by atoms with Gasteiger partial charge in [-0.25, -0.2) is 0 Å². The van der Waals surface area contributed by atoms with Gasteiger partial charge in [0.15, 0.2) is 0 Å². The predicted molar refractivity (Wildman–Crippen MR) is 91.7 cm³/mol. The summed E-state index contributed by atoms with van der Waals surface area (Å²) >= 11 is 0. The fraction of sp³-hybridized carbons (Fsp3) is 0.882. The Balaban J connectivity index is 3.97. The molecule has 2 amide bonds. The molecule has 0 aliphatic rings. The second-order valence-electron chi connectivity index (χ2n) is 7.76. The first kappa shape index (κ1) is 20.9. The van der Waals surface area contributed by atoms with Crippen LogP contribution >= 0.6 is 0 Å². The van der Waals surface area contributed by atoms with E-state index in [1.54, 1.807) is 11.9 Å². The van der Waals surface area contributed by atoms with Gasteiger partial charge in [0.1, 0.15) is 0 Å². The van der Waals surface area contributed by atoms with E-state index in [4.69, 9.17) is 0 Å². The molecule has 22 heavy (non-hydrogen) atoms. The van der Waals surface area contributed by atoms with Crippen molar-refractivity contribution in [3.05, 3.63) is 0 Å². The van der Waals surface area contributed by atoms with Gasteiger partial charge in [-0.05, 0) is 47.1 Å². The fourth-order valence-corrected chi connectivity index (χ4v) is 2.23. The molecule has 0 radical (unpaired) electrons. The molecule has 0 aromatic carbocycles. The van der Waals surface area contributed by atoms with E-state index >= 15 is 0 Å². The highest BCUT2D eigenvalue weighted by Crippen LogP contribution is 2.08. The number of amides is 2. The van der Waals surface area contributed by atoms with Crippen molar-refractivity contribution in [2.24, 2.45) is 5.92 Å². The van der Waals surface area contributed by atoms with E-state index < -0.39 is 0 Å². The number of carbonyl (C=O) groups excluding carboxylic acids is 2. The van der Waals surface area contributed by atoms with E-state index in [2.05, 4.69) is 24.5 Å². The minimum Gasteiger partial charge on any atom is -0.353 e. The molecule has 0 spiro atoms. The van der Waals surface area contributed by atoms with Crippen LogP contribution in [0.1, 0.15) is 60.8 Å². The smallest absolute Gasteiger partial charge is 0.234 e. The molecule has 0 heterocycles. The van der Waals surface area contributed by atoms with Gasteiger partial charge in [0.05, 0.1) is 13.1 Å². The van der Waals surface area contributed by atoms with E-state index in [0.717, 1.165) is 12.8 Å². The minimum atomic E-state index is -0.245. The monoisotopic (exact) mass is 313 g/mol. The molecular weight excluding hydrogens is 278 g/mol. The Labute approximate surface area is 136 Å². The zero-order chi connectivity index (χ0) is 17.3. The van der Waals surface area contributed by atoms with Crippen molar-refractivity contribution in [1.82, 2.24) is 15.5 Å². The van der Waals surface area contributed by atoms with Crippen molar-refractivity contribution in [2.45, 2.75) is 72.4 Å². The molecule has 0 aromatic rings. The summed E-state index contributed by atoms with van der Waals surface area (Å²) in [6.45, 7) is 12.7. The molecule has 0 aromatic heterocycles. The van der Waals surface area contributed by atoms with Crippen LogP contribution < -0.4 is 10.6 Å². The van der Waals surface area contributed by atoms with Crippen molar-refractivity contribution in [3.8, 4) is 0 Å². The molecule has 0 bridgehead atoms. The molecule has 2 N–H and O–H groups in total. The Kier molecular flexibility index (Phi) is 9.33. The van der Waals surface area contributed by atoms with Gasteiger partial charge in [-0.1, -0.05) is 26.7 Å². The predicted octanol–water partition coefficient (Wildman–Crippen LogP) is 2.16. The van der Waals surface area contributed by atoms with Gasteiger partial charge in [-0.2, -0.15) is 0 Å². The zero-order valence-corrected chi connectivity index (χ0v) is 15.5. The molecule has 0 aliphatic heterocycles. The third-order valence-electron chi connectivity index (χ3n) is 3.17. The van der Waals surface area contributed by atoms with Crippen molar-refractivity contribution in [2.75, 3.05) is 20.1 Å². The maximum Gasteiger partial charge on any atom is 0.234 e. The lowest BCUT2D eigenvalue weighted by Gasteiger charge is -2.23. The number of rotatable bonds is 9. The van der Waals surface area contributed by atoms with E-state index in [9.17, 15) is 9.59 Å². The van der Waals surface area contributed by atoms with Gasteiger partial charge >= 0.3 is 0 Å². The summed E-state index contributed by atoms with van der Waals surface area (Å²) in [6.07, 6.45) is 3.31. The highest BCUT2D eigenvalue weighted by Gasteiger charge is 2.17. The lowest BCUT2D eigenvalue weighted by atomic mass is 10.0. The van der Waals surface area contributed by atoms with Crippen molar-refractivity contribution in [1.29, 1.82) is 0 Å². The van der Waals surface area contributed by atoms with Gasteiger partial charge in [0.25, 0.3) is 0 Å². The number of hydrogen-bond acceptors (Lipinski definition) is 3. The Hall–Kier alpha value is -1.10. The summed E-state index contributed by atoms with van der Waals surface area (Å²) in [5.74, 6) is 0.617. The SMILES string of the molecule is CC(C)CCCC(C)NC(=O)CN(C)CC(=O)NC(C)(C)C. The third kappa shape index (κ3) is 12.6. The number of carbonyl (C=O) groups is 2. The van der Waals surface area contributed by atoms with Gasteiger partial charge < -0.3 is 10.6 Å². The number of nitrogens with zero attached hydrogens (tertiary/aromatic N) is 1. The Morgan fingerprint density at radius 1 is 1.00 bits per heavy atom. The molecule has 5 heteroatoms. The number of likely N-dealkylation sites (N-methyl/N-ethyl adjacent to an activating group) is 1. The average Bonchev–Trinajstić information content (AvgIpc) is 2.23. The van der Waals surface area contributed by atoms with Crippen LogP contribution in [0.4, 0.5) is 0 Å². The van der Waals surface area contributed by atoms with Crippen molar-refractivity contribution in [3.63, 3.8) is 0 Å². The number of hydrogen-bond donors (Lipinski definition) is 2. The lowest BCUT2D eigenvalue weighted by molar-refractivity contribution is -0.125. The molecule has 0 fully saturated rings. The quantitative estimate of drug-likeness (QED) is 0.686. The van der Waals surface area contributed by atoms with E-state index in [1.165, 1.54) is 6.42 Å². The first-order valence-electron chi connectivity index (χ1n) is 8.28. The lowest BCUT2D eigenvalue weighted by Crippen LogP contribution is -2.47. The summed E-state index contributed by atoms with van der Waals surface area (Å²) in [4.78, 5) is 25.5. The second kappa shape index (κ2) is 9.82. The van der Waals surface area contributed by atoms with E-state index in [-0.39, 0.29) is 36.5 Å². The van der Waals surface area contributed by atoms with Crippen LogP contribution in [0.3, 0.4) is 0 Å². The molecule has 0 aliphatic carbocycles. The standard InChI is InChI=1S/C17H35N3O2/c1-13(2)9-8-10-14(3)18-15(21)11-20(7)12-16(22)19-17(4,5)6/h13-14H,8-12H2,1-7H3,(H,18,21)(H,19,22). The van der Waals surface area contributed by atoms with Crippen molar-refractivity contribution >= 4 is 11.8 Å². The van der Waals surface area contributed by atoms with Crippen LogP contribution in [0.2, 0.25) is 0 Å². The van der Waals surface area contributed by atoms with Crippen LogP contribution in [0.25, 0.3) is 0 Å². The average molecular weight is 313 g/mol. The summed E-state index contributed by atoms with van der Waals surface area (Å²) in [5.41, 5.74) is -0.245. The van der Waals surface area contributed by atoms with Crippen LogP contribution in [0.5, 0.6) is 0 Å². The van der Waals surface area contributed by atoms with Crippen molar-refractivity contribution < 1.29 is 9.59 Å². The topological polar surface area (TPSA) is 61.4 Å². The first-order chi connectivity index (χ1) is 9.99. The molecular formula is C17H35N3O2. The highest BCUT2D eigenvalue weighted by molar-refractivity contribution is 5.81. The summed E-state index contributed by atoms with van der Waals surface area (Å²) in [6, 6.07) is 0.183. The molecule has 5 nitrogen and oxygen atoms in total. The molecule has 0 saturated heterocycles. The van der Waals surface area contributed by atoms with E-state index in [0.29, 0.717) is 5.92 Å². The minimum absolute atomic E-state index is 0.0249. The van der Waals surface area contributed by atoms with Gasteiger partial charge in [0, 0.05) is 11.6 Å². The maximum atomic E-state index is 11.9. The summed E-state index contributed by atoms with van der Waals surface area (Å²) in [5, 5.41) is 5.88. The molecule has 0 saturated carbocycles. The summed E-state index contributed by atoms with van der Waals surface area (Å²) in [7, 11) is 1.78. The molecule has 130 valence electrons. The highest BCUT2D eigenvalue weighted by atomic mass is 16.2. The van der Waals surface area contributed by atoms with Crippen LogP contribution in [-0.2, 0) is 9.59 Å². The first-order valence-corrected chi connectivity index (χ1v) is 8.28. The van der Waals surface area contributed by atoms with Crippen LogP contribution in [-0.4, -0.2) is 48.4 Å². The second-order valence-corrected chi connectivity index (χ2v) is 7.76. The van der Waals surface area contributed by atoms with E-state index in [1.807, 2.05) is 27.7 Å². The zero-order valence-electron chi connectivity index (χ0n) is 15.5. The molecule has 1 unspecified atom stereocenters. The fourth-order valence-electron chi connectivity index (χ4n) is 2.23. The third-order valence-corrected chi connectivity index (χ3v) is 3.17.